The summed E-state index contributed by atoms with van der Waals surface area (Å²) >= 11 is 1.69. The van der Waals surface area contributed by atoms with Crippen molar-refractivity contribution in [1.29, 1.82) is 0 Å². The Bertz CT molecular complexity index is 412. The lowest BCUT2D eigenvalue weighted by Crippen LogP contribution is -2.36. The minimum Gasteiger partial charge on any atom is -0.377 e. The predicted molar refractivity (Wildman–Crippen MR) is 81.5 cm³/mol. The lowest BCUT2D eigenvalue weighted by Gasteiger charge is -2.14. The first-order valence-corrected chi connectivity index (χ1v) is 7.66. The maximum Gasteiger partial charge on any atom is 0.241 e. The summed E-state index contributed by atoms with van der Waals surface area (Å²) in [7, 11) is 1.66. The Kier molecular flexibility index (Phi) is 6.91. The fourth-order valence-electron chi connectivity index (χ4n) is 1.62. The number of ether oxygens (including phenoxy) is 1. The molecule has 0 aliphatic heterocycles. The van der Waals surface area contributed by atoms with Gasteiger partial charge in [0.25, 0.3) is 0 Å². The zero-order valence-corrected chi connectivity index (χ0v) is 12.5. The smallest absolute Gasteiger partial charge is 0.241 e. The maximum absolute atomic E-state index is 11.9. The van der Waals surface area contributed by atoms with E-state index in [4.69, 9.17) is 10.5 Å². The molecule has 1 aromatic carbocycles. The molecule has 19 heavy (non-hydrogen) atoms. The van der Waals surface area contributed by atoms with Crippen LogP contribution in [-0.2, 0) is 9.53 Å². The fraction of sp³-hybridized carbons (Fsp3) is 0.500. The predicted octanol–water partition coefficient (Wildman–Crippen LogP) is 2.41. The highest BCUT2D eigenvalue weighted by atomic mass is 32.2. The summed E-state index contributed by atoms with van der Waals surface area (Å²) in [6.45, 7) is 1.96. The molecule has 106 valence electrons. The summed E-state index contributed by atoms with van der Waals surface area (Å²) in [5.74, 6) is 0.742. The standard InChI is InChI=1S/C14H22N2O2S/c1-10(18-2)11-5-4-6-12(9-11)16-14(17)13(15)7-8-19-3/h4-6,9-10,13H,7-8,15H2,1-3H3,(H,16,17)/t10?,13-/m0/s1. The summed E-state index contributed by atoms with van der Waals surface area (Å²) < 4.78 is 5.26. The van der Waals surface area contributed by atoms with E-state index in [9.17, 15) is 4.79 Å². The molecule has 0 saturated carbocycles. The third kappa shape index (κ3) is 5.22. The lowest BCUT2D eigenvalue weighted by molar-refractivity contribution is -0.117. The number of benzene rings is 1. The third-order valence-electron chi connectivity index (χ3n) is 2.95. The van der Waals surface area contributed by atoms with Crippen LogP contribution in [0, 0.1) is 0 Å². The van der Waals surface area contributed by atoms with Gasteiger partial charge in [-0.15, -0.1) is 0 Å². The van der Waals surface area contributed by atoms with Crippen LogP contribution < -0.4 is 11.1 Å². The highest BCUT2D eigenvalue weighted by Gasteiger charge is 2.13. The van der Waals surface area contributed by atoms with Crippen LogP contribution in [0.4, 0.5) is 5.69 Å². The van der Waals surface area contributed by atoms with Crippen LogP contribution in [0.3, 0.4) is 0 Å². The molecule has 5 heteroatoms. The molecule has 4 nitrogen and oxygen atoms in total. The molecule has 0 saturated heterocycles. The van der Waals surface area contributed by atoms with E-state index in [1.54, 1.807) is 18.9 Å². The minimum absolute atomic E-state index is 0.00187. The van der Waals surface area contributed by atoms with Crippen LogP contribution in [0.1, 0.15) is 25.0 Å². The number of methoxy groups -OCH3 is 1. The highest BCUT2D eigenvalue weighted by Crippen LogP contribution is 2.19. The van der Waals surface area contributed by atoms with Crippen molar-refractivity contribution in [3.8, 4) is 0 Å². The van der Waals surface area contributed by atoms with Crippen molar-refractivity contribution in [2.45, 2.75) is 25.5 Å². The van der Waals surface area contributed by atoms with Gasteiger partial charge in [-0.05, 0) is 43.0 Å². The average molecular weight is 282 g/mol. The Hall–Kier alpha value is -1.04. The normalized spacial score (nSPS) is 13.9. The summed E-state index contributed by atoms with van der Waals surface area (Å²) in [5, 5.41) is 2.84. The molecule has 0 aliphatic rings. The highest BCUT2D eigenvalue weighted by molar-refractivity contribution is 7.98. The number of amides is 1. The van der Waals surface area contributed by atoms with Crippen LogP contribution in [0.5, 0.6) is 0 Å². The minimum atomic E-state index is -0.462. The molecule has 0 fully saturated rings. The van der Waals surface area contributed by atoms with E-state index in [1.165, 1.54) is 0 Å². The first-order valence-electron chi connectivity index (χ1n) is 6.26. The van der Waals surface area contributed by atoms with Crippen molar-refractivity contribution < 1.29 is 9.53 Å². The second-order valence-electron chi connectivity index (χ2n) is 4.38. The fourth-order valence-corrected chi connectivity index (χ4v) is 2.11. The van der Waals surface area contributed by atoms with E-state index >= 15 is 0 Å². The number of nitrogens with one attached hydrogen (secondary N) is 1. The molecule has 0 spiro atoms. The van der Waals surface area contributed by atoms with Crippen LogP contribution in [0.2, 0.25) is 0 Å². The van der Waals surface area contributed by atoms with Gasteiger partial charge in [0.2, 0.25) is 5.91 Å². The Morgan fingerprint density at radius 1 is 1.53 bits per heavy atom. The maximum atomic E-state index is 11.9. The Labute approximate surface area is 119 Å². The molecular weight excluding hydrogens is 260 g/mol. The molecule has 0 heterocycles. The topological polar surface area (TPSA) is 64.3 Å². The van der Waals surface area contributed by atoms with Gasteiger partial charge in [0.05, 0.1) is 12.1 Å². The van der Waals surface area contributed by atoms with Gasteiger partial charge in [0.1, 0.15) is 0 Å². The number of rotatable bonds is 7. The van der Waals surface area contributed by atoms with Crippen molar-refractivity contribution in [3.63, 3.8) is 0 Å². The molecule has 1 rings (SSSR count). The van der Waals surface area contributed by atoms with Crippen molar-refractivity contribution >= 4 is 23.4 Å². The van der Waals surface area contributed by atoms with E-state index in [0.717, 1.165) is 17.0 Å². The molecule has 1 amide bonds. The van der Waals surface area contributed by atoms with Gasteiger partial charge in [-0.2, -0.15) is 11.8 Å². The van der Waals surface area contributed by atoms with Gasteiger partial charge >= 0.3 is 0 Å². The molecule has 1 unspecified atom stereocenters. The number of nitrogens with two attached hydrogens (primary N) is 1. The van der Waals surface area contributed by atoms with Crippen LogP contribution in [-0.4, -0.2) is 31.1 Å². The number of thioether (sulfide) groups is 1. The zero-order valence-electron chi connectivity index (χ0n) is 11.7. The number of anilines is 1. The zero-order chi connectivity index (χ0) is 14.3. The van der Waals surface area contributed by atoms with Crippen LogP contribution in [0.25, 0.3) is 0 Å². The van der Waals surface area contributed by atoms with Gasteiger partial charge in [0, 0.05) is 12.8 Å². The van der Waals surface area contributed by atoms with Gasteiger partial charge < -0.3 is 15.8 Å². The second kappa shape index (κ2) is 8.19. The molecule has 2 atom stereocenters. The molecule has 3 N–H and O–H groups in total. The largest absolute Gasteiger partial charge is 0.377 e. The molecule has 0 aromatic heterocycles. The van der Waals surface area contributed by atoms with E-state index in [2.05, 4.69) is 5.32 Å². The van der Waals surface area contributed by atoms with Crippen molar-refractivity contribution in [2.24, 2.45) is 5.73 Å². The number of carbonyl (C=O) groups is 1. The number of carbonyl (C=O) groups excluding carboxylic acids is 1. The first kappa shape index (κ1) is 16.0. The third-order valence-corrected chi connectivity index (χ3v) is 3.59. The van der Waals surface area contributed by atoms with Gasteiger partial charge in [-0.1, -0.05) is 12.1 Å². The van der Waals surface area contributed by atoms with Gasteiger partial charge in [0.15, 0.2) is 0 Å². The summed E-state index contributed by atoms with van der Waals surface area (Å²) in [5.41, 5.74) is 7.61. The molecule has 0 bridgehead atoms. The average Bonchev–Trinajstić information content (AvgIpc) is 2.44. The van der Waals surface area contributed by atoms with Crippen LogP contribution >= 0.6 is 11.8 Å². The molecule has 1 aromatic rings. The molecule has 0 radical (unpaired) electrons. The number of hydrogen-bond donors (Lipinski definition) is 2. The van der Waals surface area contributed by atoms with Crippen molar-refractivity contribution in [1.82, 2.24) is 0 Å². The Morgan fingerprint density at radius 2 is 2.26 bits per heavy atom. The quantitative estimate of drug-likeness (QED) is 0.806. The van der Waals surface area contributed by atoms with Crippen molar-refractivity contribution in [3.05, 3.63) is 29.8 Å². The molecular formula is C14H22N2O2S. The monoisotopic (exact) mass is 282 g/mol. The summed E-state index contributed by atoms with van der Waals surface area (Å²) in [4.78, 5) is 11.9. The van der Waals surface area contributed by atoms with E-state index < -0.39 is 6.04 Å². The lowest BCUT2D eigenvalue weighted by atomic mass is 10.1. The number of hydrogen-bond acceptors (Lipinski definition) is 4. The summed E-state index contributed by atoms with van der Waals surface area (Å²) in [6.07, 6.45) is 2.68. The summed E-state index contributed by atoms with van der Waals surface area (Å²) in [6, 6.07) is 7.17. The van der Waals surface area contributed by atoms with E-state index in [-0.39, 0.29) is 12.0 Å². The van der Waals surface area contributed by atoms with E-state index in [1.807, 2.05) is 37.4 Å². The Balaban J connectivity index is 2.63. The van der Waals surface area contributed by atoms with E-state index in [0.29, 0.717) is 6.42 Å². The van der Waals surface area contributed by atoms with Crippen molar-refractivity contribution in [2.75, 3.05) is 24.4 Å². The molecule has 0 aliphatic carbocycles. The first-order chi connectivity index (χ1) is 9.08. The Morgan fingerprint density at radius 3 is 2.89 bits per heavy atom. The van der Waals surface area contributed by atoms with Crippen LogP contribution in [0.15, 0.2) is 24.3 Å². The second-order valence-corrected chi connectivity index (χ2v) is 5.37. The van der Waals surface area contributed by atoms with Gasteiger partial charge in [-0.3, -0.25) is 4.79 Å². The van der Waals surface area contributed by atoms with Gasteiger partial charge in [-0.25, -0.2) is 0 Å². The SMILES string of the molecule is COC(C)c1cccc(NC(=O)[C@@H](N)CCSC)c1.